The van der Waals surface area contributed by atoms with Crippen molar-refractivity contribution in [3.05, 3.63) is 53.7 Å². The first-order chi connectivity index (χ1) is 9.70. The molecule has 106 valence electrons. The molecule has 2 rings (SSSR count). The van der Waals surface area contributed by atoms with Gasteiger partial charge in [-0.2, -0.15) is 0 Å². The molecule has 0 aliphatic carbocycles. The van der Waals surface area contributed by atoms with Crippen molar-refractivity contribution in [2.75, 3.05) is 5.32 Å². The Balaban J connectivity index is 2.11. The van der Waals surface area contributed by atoms with Crippen LogP contribution in [0.5, 0.6) is 5.88 Å². The summed E-state index contributed by atoms with van der Waals surface area (Å²) in [5.74, 6) is 0.663. The fraction of sp³-hybridized carbons (Fsp3) is 0.353. The molecule has 0 saturated heterocycles. The van der Waals surface area contributed by atoms with E-state index in [4.69, 9.17) is 4.74 Å². The zero-order valence-electron chi connectivity index (χ0n) is 12.4. The van der Waals surface area contributed by atoms with Gasteiger partial charge in [0.25, 0.3) is 0 Å². The second-order valence-corrected chi connectivity index (χ2v) is 5.00. The van der Waals surface area contributed by atoms with E-state index >= 15 is 0 Å². The van der Waals surface area contributed by atoms with Gasteiger partial charge in [-0.25, -0.2) is 4.98 Å². The molecule has 0 spiro atoms. The smallest absolute Gasteiger partial charge is 0.237 e. The first kappa shape index (κ1) is 14.4. The molecule has 0 aliphatic heterocycles. The number of hydrogen-bond donors (Lipinski definition) is 1. The molecular formula is C17H22N2O. The number of nitrogens with zero attached hydrogens (tertiary/aromatic N) is 1. The number of benzene rings is 1. The van der Waals surface area contributed by atoms with Crippen LogP contribution in [-0.2, 0) is 13.0 Å². The molecule has 0 unspecified atom stereocenters. The van der Waals surface area contributed by atoms with Crippen molar-refractivity contribution >= 4 is 5.69 Å². The van der Waals surface area contributed by atoms with Crippen LogP contribution in [0.2, 0.25) is 0 Å². The monoisotopic (exact) mass is 270 g/mol. The number of aromatic nitrogens is 1. The van der Waals surface area contributed by atoms with Crippen LogP contribution in [0.4, 0.5) is 5.69 Å². The van der Waals surface area contributed by atoms with Crippen LogP contribution in [0.1, 0.15) is 31.9 Å². The molecule has 0 radical (unpaired) electrons. The summed E-state index contributed by atoms with van der Waals surface area (Å²) in [5, 5.41) is 3.42. The van der Waals surface area contributed by atoms with Crippen LogP contribution in [0, 0.1) is 0 Å². The molecule has 1 N–H and O–H groups in total. The topological polar surface area (TPSA) is 34.2 Å². The van der Waals surface area contributed by atoms with Gasteiger partial charge in [0.1, 0.15) is 0 Å². The summed E-state index contributed by atoms with van der Waals surface area (Å²) in [7, 11) is 0. The van der Waals surface area contributed by atoms with Gasteiger partial charge in [0.15, 0.2) is 0 Å². The molecule has 0 bridgehead atoms. The Bertz CT molecular complexity index is 552. The number of rotatable bonds is 6. The fourth-order valence-electron chi connectivity index (χ4n) is 2.11. The van der Waals surface area contributed by atoms with Gasteiger partial charge < -0.3 is 10.1 Å². The van der Waals surface area contributed by atoms with E-state index in [2.05, 4.69) is 41.5 Å². The lowest BCUT2D eigenvalue weighted by atomic mass is 10.1. The summed E-state index contributed by atoms with van der Waals surface area (Å²) < 4.78 is 5.72. The Morgan fingerprint density at radius 1 is 1.10 bits per heavy atom. The molecule has 0 atom stereocenters. The Hall–Kier alpha value is -2.03. The van der Waals surface area contributed by atoms with Gasteiger partial charge in [-0.15, -0.1) is 0 Å². The number of anilines is 1. The second kappa shape index (κ2) is 6.94. The highest BCUT2D eigenvalue weighted by molar-refractivity contribution is 5.52. The molecule has 0 fully saturated rings. The van der Waals surface area contributed by atoms with Gasteiger partial charge in [-0.3, -0.25) is 0 Å². The van der Waals surface area contributed by atoms with E-state index in [0.717, 1.165) is 18.7 Å². The predicted molar refractivity (Wildman–Crippen MR) is 83.1 cm³/mol. The van der Waals surface area contributed by atoms with Crippen LogP contribution >= 0.6 is 0 Å². The minimum atomic E-state index is 0.119. The third-order valence-electron chi connectivity index (χ3n) is 3.09. The largest absolute Gasteiger partial charge is 0.473 e. The van der Waals surface area contributed by atoms with Gasteiger partial charge in [0.05, 0.1) is 11.8 Å². The highest BCUT2D eigenvalue weighted by Crippen LogP contribution is 2.23. The van der Waals surface area contributed by atoms with Crippen molar-refractivity contribution in [2.24, 2.45) is 0 Å². The third kappa shape index (κ3) is 3.73. The highest BCUT2D eigenvalue weighted by atomic mass is 16.5. The van der Waals surface area contributed by atoms with Crippen molar-refractivity contribution in [1.82, 2.24) is 4.98 Å². The maximum Gasteiger partial charge on any atom is 0.237 e. The highest BCUT2D eigenvalue weighted by Gasteiger charge is 2.07. The van der Waals surface area contributed by atoms with Crippen molar-refractivity contribution in [2.45, 2.75) is 39.8 Å². The number of ether oxygens (including phenoxy) is 1. The van der Waals surface area contributed by atoms with Crippen molar-refractivity contribution in [3.8, 4) is 5.88 Å². The normalized spacial score (nSPS) is 10.6. The number of aryl methyl sites for hydroxylation is 1. The zero-order chi connectivity index (χ0) is 14.4. The average Bonchev–Trinajstić information content (AvgIpc) is 2.46. The van der Waals surface area contributed by atoms with E-state index in [0.29, 0.717) is 5.88 Å². The Labute approximate surface area is 121 Å². The van der Waals surface area contributed by atoms with Crippen LogP contribution in [0.3, 0.4) is 0 Å². The van der Waals surface area contributed by atoms with Crippen molar-refractivity contribution in [3.63, 3.8) is 0 Å². The predicted octanol–water partition coefficient (Wildman–Crippen LogP) is 4.04. The summed E-state index contributed by atoms with van der Waals surface area (Å²) in [5.41, 5.74) is 3.62. The minimum absolute atomic E-state index is 0.119. The molecule has 0 saturated carbocycles. The van der Waals surface area contributed by atoms with Gasteiger partial charge in [0.2, 0.25) is 5.88 Å². The zero-order valence-corrected chi connectivity index (χ0v) is 12.4. The quantitative estimate of drug-likeness (QED) is 0.860. The lowest BCUT2D eigenvalue weighted by Crippen LogP contribution is -2.10. The van der Waals surface area contributed by atoms with Crippen molar-refractivity contribution in [1.29, 1.82) is 0 Å². The summed E-state index contributed by atoms with van der Waals surface area (Å²) in [4.78, 5) is 4.29. The van der Waals surface area contributed by atoms with E-state index in [1.165, 1.54) is 11.1 Å². The first-order valence-electron chi connectivity index (χ1n) is 7.13. The standard InChI is InChI=1S/C17H22N2O/c1-4-14-8-5-6-9-15(14)12-19-16-10-7-11-18-17(16)20-13(2)3/h5-11,13,19H,4,12H2,1-3H3. The Morgan fingerprint density at radius 2 is 1.85 bits per heavy atom. The minimum Gasteiger partial charge on any atom is -0.473 e. The number of pyridine rings is 1. The molecule has 0 aliphatic rings. The molecule has 1 aromatic heterocycles. The summed E-state index contributed by atoms with van der Waals surface area (Å²) in [6.07, 6.45) is 2.91. The summed E-state index contributed by atoms with van der Waals surface area (Å²) >= 11 is 0. The lowest BCUT2D eigenvalue weighted by Gasteiger charge is -2.15. The third-order valence-corrected chi connectivity index (χ3v) is 3.09. The van der Waals surface area contributed by atoms with Crippen LogP contribution in [0.15, 0.2) is 42.6 Å². The Morgan fingerprint density at radius 3 is 2.55 bits per heavy atom. The molecule has 2 aromatic rings. The SMILES string of the molecule is CCc1ccccc1CNc1cccnc1OC(C)C. The molecule has 0 amide bonds. The van der Waals surface area contributed by atoms with Crippen LogP contribution in [0.25, 0.3) is 0 Å². The molecule has 3 heteroatoms. The molecule has 1 heterocycles. The fourth-order valence-corrected chi connectivity index (χ4v) is 2.11. The molecule has 20 heavy (non-hydrogen) atoms. The average molecular weight is 270 g/mol. The van der Waals surface area contributed by atoms with E-state index < -0.39 is 0 Å². The van der Waals surface area contributed by atoms with Gasteiger partial charge >= 0.3 is 0 Å². The molecule has 3 nitrogen and oxygen atoms in total. The maximum absolute atomic E-state index is 5.72. The first-order valence-corrected chi connectivity index (χ1v) is 7.13. The van der Waals surface area contributed by atoms with Gasteiger partial charge in [-0.1, -0.05) is 31.2 Å². The van der Waals surface area contributed by atoms with Crippen LogP contribution in [-0.4, -0.2) is 11.1 Å². The van der Waals surface area contributed by atoms with E-state index in [1.54, 1.807) is 6.20 Å². The van der Waals surface area contributed by atoms with E-state index in [9.17, 15) is 0 Å². The summed E-state index contributed by atoms with van der Waals surface area (Å²) in [6, 6.07) is 12.4. The van der Waals surface area contributed by atoms with Gasteiger partial charge in [-0.05, 0) is 43.5 Å². The maximum atomic E-state index is 5.72. The lowest BCUT2D eigenvalue weighted by molar-refractivity contribution is 0.234. The molecule has 1 aromatic carbocycles. The van der Waals surface area contributed by atoms with Gasteiger partial charge in [0, 0.05) is 12.7 Å². The van der Waals surface area contributed by atoms with E-state index in [-0.39, 0.29) is 6.10 Å². The molecular weight excluding hydrogens is 248 g/mol. The Kier molecular flexibility index (Phi) is 4.99. The van der Waals surface area contributed by atoms with E-state index in [1.807, 2.05) is 26.0 Å². The van der Waals surface area contributed by atoms with Crippen molar-refractivity contribution < 1.29 is 4.74 Å². The number of nitrogens with one attached hydrogen (secondary N) is 1. The number of hydrogen-bond acceptors (Lipinski definition) is 3. The second-order valence-electron chi connectivity index (χ2n) is 5.00. The van der Waals surface area contributed by atoms with Crippen LogP contribution < -0.4 is 10.1 Å². The summed E-state index contributed by atoms with van der Waals surface area (Å²) in [6.45, 7) is 6.97.